The highest BCUT2D eigenvalue weighted by Crippen LogP contribution is 2.23. The van der Waals surface area contributed by atoms with Crippen LogP contribution in [0, 0.1) is 6.92 Å². The lowest BCUT2D eigenvalue weighted by atomic mass is 9.97. The van der Waals surface area contributed by atoms with Gasteiger partial charge in [0.25, 0.3) is 0 Å². The van der Waals surface area contributed by atoms with E-state index >= 15 is 0 Å². The van der Waals surface area contributed by atoms with Crippen LogP contribution in [0.3, 0.4) is 0 Å². The molecule has 0 bridgehead atoms. The maximum atomic E-state index is 5.98. The van der Waals surface area contributed by atoms with Crippen molar-refractivity contribution in [1.82, 2.24) is 0 Å². The number of benzene rings is 1. The van der Waals surface area contributed by atoms with E-state index in [0.717, 1.165) is 5.88 Å². The molecule has 78 valence electrons. The van der Waals surface area contributed by atoms with Crippen LogP contribution in [0.25, 0.3) is 0 Å². The largest absolute Gasteiger partial charge is 0.165 e. The molecule has 1 unspecified atom stereocenters. The maximum Gasteiger partial charge on any atom is 0.0292 e. The molecule has 2 heteroatoms. The molecule has 0 amide bonds. The van der Waals surface area contributed by atoms with Gasteiger partial charge in [-0.3, -0.25) is 0 Å². The Balaban J connectivity index is 2.68. The smallest absolute Gasteiger partial charge is 0.0292 e. The van der Waals surface area contributed by atoms with Crippen LogP contribution in [0.15, 0.2) is 24.3 Å². The van der Waals surface area contributed by atoms with Gasteiger partial charge in [0.15, 0.2) is 0 Å². The zero-order chi connectivity index (χ0) is 10.4. The minimum atomic E-state index is 0.518. The van der Waals surface area contributed by atoms with Gasteiger partial charge < -0.3 is 0 Å². The third-order valence-corrected chi connectivity index (χ3v) is 3.39. The average molecular weight is 229 g/mol. The van der Waals surface area contributed by atoms with Crippen molar-refractivity contribution in [3.63, 3.8) is 0 Å². The van der Waals surface area contributed by atoms with Crippen molar-refractivity contribution < 1.29 is 0 Å². The van der Waals surface area contributed by atoms with E-state index in [0.29, 0.717) is 5.92 Å². The van der Waals surface area contributed by atoms with Crippen molar-refractivity contribution in [2.45, 2.75) is 19.3 Å². The fraction of sp³-hybridized carbons (Fsp3) is 0.500. The second-order valence-electron chi connectivity index (χ2n) is 3.55. The Bertz CT molecular complexity index is 273. The number of alkyl halides is 1. The lowest BCUT2D eigenvalue weighted by Gasteiger charge is -2.13. The molecule has 0 N–H and O–H groups in total. The Morgan fingerprint density at radius 3 is 2.79 bits per heavy atom. The first-order valence-electron chi connectivity index (χ1n) is 4.89. The van der Waals surface area contributed by atoms with E-state index in [4.69, 9.17) is 11.6 Å². The van der Waals surface area contributed by atoms with Crippen molar-refractivity contribution in [3.05, 3.63) is 35.4 Å². The second-order valence-corrected chi connectivity index (χ2v) is 4.84. The fourth-order valence-corrected chi connectivity index (χ4v) is 2.37. The number of hydrogen-bond acceptors (Lipinski definition) is 1. The summed E-state index contributed by atoms with van der Waals surface area (Å²) in [5.74, 6) is 2.43. The molecule has 1 aromatic rings. The predicted molar refractivity (Wildman–Crippen MR) is 67.6 cm³/mol. The summed E-state index contributed by atoms with van der Waals surface area (Å²) in [5, 5.41) is 0. The first-order valence-corrected chi connectivity index (χ1v) is 6.82. The van der Waals surface area contributed by atoms with Gasteiger partial charge in [-0.25, -0.2) is 0 Å². The maximum absolute atomic E-state index is 5.98. The van der Waals surface area contributed by atoms with E-state index in [1.807, 2.05) is 11.8 Å². The summed E-state index contributed by atoms with van der Waals surface area (Å²) < 4.78 is 0. The molecule has 0 saturated carbocycles. The Hall–Kier alpha value is -0.140. The van der Waals surface area contributed by atoms with E-state index < -0.39 is 0 Å². The highest BCUT2D eigenvalue weighted by atomic mass is 35.5. The molecule has 1 rings (SSSR count). The molecular formula is C12H17ClS. The van der Waals surface area contributed by atoms with Crippen LogP contribution < -0.4 is 0 Å². The Morgan fingerprint density at radius 2 is 2.21 bits per heavy atom. The molecule has 0 aliphatic rings. The Kier molecular flexibility index (Phi) is 5.42. The summed E-state index contributed by atoms with van der Waals surface area (Å²) in [6.07, 6.45) is 3.32. The predicted octanol–water partition coefficient (Wildman–Crippen LogP) is 4.07. The molecule has 0 aliphatic heterocycles. The SMILES string of the molecule is CSCCC(CCl)c1cccc(C)c1. The van der Waals surface area contributed by atoms with Crippen LogP contribution in [0.5, 0.6) is 0 Å². The second kappa shape index (κ2) is 6.36. The monoisotopic (exact) mass is 228 g/mol. The molecule has 0 saturated heterocycles. The third-order valence-electron chi connectivity index (χ3n) is 2.37. The normalized spacial score (nSPS) is 12.8. The number of hydrogen-bond donors (Lipinski definition) is 0. The molecule has 1 aromatic carbocycles. The Labute approximate surface area is 96.0 Å². The standard InChI is InChI=1S/C12H17ClS/c1-10-4-3-5-11(8-10)12(9-13)6-7-14-2/h3-5,8,12H,6-7,9H2,1-2H3. The summed E-state index contributed by atoms with van der Waals surface area (Å²) in [4.78, 5) is 0. The first kappa shape index (κ1) is 11.9. The van der Waals surface area contributed by atoms with E-state index in [1.165, 1.54) is 23.3 Å². The number of aryl methyl sites for hydroxylation is 1. The van der Waals surface area contributed by atoms with Crippen molar-refractivity contribution >= 4 is 23.4 Å². The van der Waals surface area contributed by atoms with E-state index in [2.05, 4.69) is 37.4 Å². The zero-order valence-corrected chi connectivity index (χ0v) is 10.4. The molecule has 0 radical (unpaired) electrons. The fourth-order valence-electron chi connectivity index (χ4n) is 1.52. The van der Waals surface area contributed by atoms with E-state index in [-0.39, 0.29) is 0 Å². The van der Waals surface area contributed by atoms with Gasteiger partial charge in [-0.15, -0.1) is 11.6 Å². The third kappa shape index (κ3) is 3.55. The lowest BCUT2D eigenvalue weighted by Crippen LogP contribution is -2.02. The molecule has 0 aliphatic carbocycles. The van der Waals surface area contributed by atoms with Crippen molar-refractivity contribution in [1.29, 1.82) is 0 Å². The number of rotatable bonds is 5. The molecule has 0 fully saturated rings. The van der Waals surface area contributed by atoms with Crippen molar-refractivity contribution in [2.24, 2.45) is 0 Å². The molecule has 0 spiro atoms. The molecular weight excluding hydrogens is 212 g/mol. The number of halogens is 1. The Morgan fingerprint density at radius 1 is 1.43 bits per heavy atom. The topological polar surface area (TPSA) is 0 Å². The van der Waals surface area contributed by atoms with E-state index in [1.54, 1.807) is 0 Å². The van der Waals surface area contributed by atoms with Gasteiger partial charge in [0.1, 0.15) is 0 Å². The molecule has 1 atom stereocenters. The quantitative estimate of drug-likeness (QED) is 0.685. The molecule has 0 heterocycles. The van der Waals surface area contributed by atoms with Gasteiger partial charge >= 0.3 is 0 Å². The lowest BCUT2D eigenvalue weighted by molar-refractivity contribution is 0.747. The van der Waals surface area contributed by atoms with Crippen LogP contribution in [0.2, 0.25) is 0 Å². The zero-order valence-electron chi connectivity index (χ0n) is 8.79. The average Bonchev–Trinajstić information content (AvgIpc) is 2.19. The van der Waals surface area contributed by atoms with Crippen molar-refractivity contribution in [2.75, 3.05) is 17.9 Å². The molecule has 0 aromatic heterocycles. The van der Waals surface area contributed by atoms with Crippen LogP contribution in [-0.4, -0.2) is 17.9 Å². The summed E-state index contributed by atoms with van der Waals surface area (Å²) in [6.45, 7) is 2.13. The minimum Gasteiger partial charge on any atom is -0.165 e. The van der Waals surface area contributed by atoms with Crippen LogP contribution in [-0.2, 0) is 0 Å². The van der Waals surface area contributed by atoms with Crippen molar-refractivity contribution in [3.8, 4) is 0 Å². The minimum absolute atomic E-state index is 0.518. The molecule has 0 nitrogen and oxygen atoms in total. The summed E-state index contributed by atoms with van der Waals surface area (Å²) in [7, 11) is 0. The van der Waals surface area contributed by atoms with Gasteiger partial charge in [0.05, 0.1) is 0 Å². The summed E-state index contributed by atoms with van der Waals surface area (Å²) >= 11 is 7.87. The van der Waals surface area contributed by atoms with Crippen LogP contribution in [0.4, 0.5) is 0 Å². The highest BCUT2D eigenvalue weighted by Gasteiger charge is 2.09. The van der Waals surface area contributed by atoms with Crippen LogP contribution >= 0.6 is 23.4 Å². The van der Waals surface area contributed by atoms with Gasteiger partial charge in [0, 0.05) is 5.88 Å². The van der Waals surface area contributed by atoms with Gasteiger partial charge in [-0.1, -0.05) is 29.8 Å². The summed E-state index contributed by atoms with van der Waals surface area (Å²) in [6, 6.07) is 8.67. The van der Waals surface area contributed by atoms with Gasteiger partial charge in [0.2, 0.25) is 0 Å². The number of thioether (sulfide) groups is 1. The van der Waals surface area contributed by atoms with Crippen LogP contribution in [0.1, 0.15) is 23.5 Å². The first-order chi connectivity index (χ1) is 6.77. The highest BCUT2D eigenvalue weighted by molar-refractivity contribution is 7.98. The van der Waals surface area contributed by atoms with E-state index in [9.17, 15) is 0 Å². The van der Waals surface area contributed by atoms with Gasteiger partial charge in [-0.2, -0.15) is 11.8 Å². The summed E-state index contributed by atoms with van der Waals surface area (Å²) in [5.41, 5.74) is 2.70. The molecule has 14 heavy (non-hydrogen) atoms. The van der Waals surface area contributed by atoms with Gasteiger partial charge in [-0.05, 0) is 36.8 Å².